The van der Waals surface area contributed by atoms with Crippen LogP contribution in [0, 0.1) is 0 Å². The summed E-state index contributed by atoms with van der Waals surface area (Å²) in [5, 5.41) is 4.52. The molecule has 3 nitrogen and oxygen atoms in total. The Bertz CT molecular complexity index is 1050. The molecule has 1 aliphatic carbocycles. The molecule has 0 aliphatic heterocycles. The molecule has 0 spiro atoms. The summed E-state index contributed by atoms with van der Waals surface area (Å²) < 4.78 is 27.5. The predicted molar refractivity (Wildman–Crippen MR) is 89.7 cm³/mol. The van der Waals surface area contributed by atoms with Crippen LogP contribution in [0.4, 0.5) is 0 Å². The highest BCUT2D eigenvalue weighted by Crippen LogP contribution is 2.34. The predicted octanol–water partition coefficient (Wildman–Crippen LogP) is 3.90. The first-order chi connectivity index (χ1) is 10.5. The second kappa shape index (κ2) is 4.58. The van der Waals surface area contributed by atoms with Crippen LogP contribution in [0.25, 0.3) is 27.6 Å². The van der Waals surface area contributed by atoms with Crippen molar-refractivity contribution in [1.29, 1.82) is 0 Å². The zero-order valence-corrected chi connectivity index (χ0v) is 12.9. The van der Waals surface area contributed by atoms with Crippen molar-refractivity contribution in [1.82, 2.24) is 0 Å². The average molecular weight is 310 g/mol. The van der Waals surface area contributed by atoms with Gasteiger partial charge in [-0.05, 0) is 51.2 Å². The van der Waals surface area contributed by atoms with Crippen molar-refractivity contribution in [3.05, 3.63) is 59.7 Å². The Kier molecular flexibility index (Phi) is 2.78. The van der Waals surface area contributed by atoms with Gasteiger partial charge in [0.15, 0.2) is 0 Å². The van der Waals surface area contributed by atoms with E-state index in [0.717, 1.165) is 23.4 Å². The van der Waals surface area contributed by atoms with Gasteiger partial charge in [0.1, 0.15) is 5.75 Å². The fourth-order valence-electron chi connectivity index (χ4n) is 3.12. The first-order valence-electron chi connectivity index (χ1n) is 7.06. The Hall–Kier alpha value is -2.33. The van der Waals surface area contributed by atoms with E-state index in [9.17, 15) is 8.42 Å². The topological polar surface area (TPSA) is 43.4 Å². The molecule has 0 aromatic heterocycles. The van der Waals surface area contributed by atoms with Gasteiger partial charge >= 0.3 is 10.1 Å². The van der Waals surface area contributed by atoms with E-state index in [0.29, 0.717) is 5.75 Å². The van der Waals surface area contributed by atoms with Crippen molar-refractivity contribution >= 4 is 37.7 Å². The first kappa shape index (κ1) is 13.3. The summed E-state index contributed by atoms with van der Waals surface area (Å²) in [7, 11) is -3.50. The highest BCUT2D eigenvalue weighted by Gasteiger charge is 2.12. The number of hydrogen-bond donors (Lipinski definition) is 0. The van der Waals surface area contributed by atoms with Crippen LogP contribution in [0.3, 0.4) is 0 Å². The molecular formula is C18H14O3S. The van der Waals surface area contributed by atoms with Crippen LogP contribution in [-0.2, 0) is 16.5 Å². The molecule has 0 bridgehead atoms. The molecule has 0 atom stereocenters. The number of hydrogen-bond acceptors (Lipinski definition) is 3. The average Bonchev–Trinajstić information content (AvgIpc) is 2.93. The Morgan fingerprint density at radius 2 is 1.73 bits per heavy atom. The zero-order valence-electron chi connectivity index (χ0n) is 12.0. The number of rotatable bonds is 2. The molecule has 0 amide bonds. The quantitative estimate of drug-likeness (QED) is 0.532. The number of fused-ring (bicyclic) bond motifs is 5. The third kappa shape index (κ3) is 2.16. The van der Waals surface area contributed by atoms with Gasteiger partial charge in [0.25, 0.3) is 0 Å². The molecule has 0 radical (unpaired) electrons. The van der Waals surface area contributed by atoms with E-state index in [1.165, 1.54) is 21.9 Å². The van der Waals surface area contributed by atoms with E-state index in [1.807, 2.05) is 12.1 Å². The van der Waals surface area contributed by atoms with E-state index in [4.69, 9.17) is 4.18 Å². The van der Waals surface area contributed by atoms with Crippen molar-refractivity contribution in [3.8, 4) is 5.75 Å². The largest absolute Gasteiger partial charge is 0.383 e. The van der Waals surface area contributed by atoms with Crippen molar-refractivity contribution in [2.75, 3.05) is 6.26 Å². The van der Waals surface area contributed by atoms with Gasteiger partial charge < -0.3 is 4.18 Å². The Morgan fingerprint density at radius 3 is 2.55 bits per heavy atom. The third-order valence-corrected chi connectivity index (χ3v) is 4.50. The molecule has 0 N–H and O–H groups in total. The van der Waals surface area contributed by atoms with Gasteiger partial charge in [-0.1, -0.05) is 42.5 Å². The molecule has 0 saturated carbocycles. The molecule has 4 heteroatoms. The maximum Gasteiger partial charge on any atom is 0.306 e. The molecule has 1 aliphatic rings. The molecule has 0 heterocycles. The second-order valence-electron chi connectivity index (χ2n) is 5.57. The van der Waals surface area contributed by atoms with E-state index < -0.39 is 10.1 Å². The Morgan fingerprint density at radius 1 is 0.955 bits per heavy atom. The summed E-state index contributed by atoms with van der Waals surface area (Å²) in [6.45, 7) is 0. The minimum absolute atomic E-state index is 0.345. The fourth-order valence-corrected chi connectivity index (χ4v) is 3.57. The molecule has 3 aromatic carbocycles. The monoisotopic (exact) mass is 310 g/mol. The smallest absolute Gasteiger partial charge is 0.306 e. The number of allylic oxidation sites excluding steroid dienone is 1. The van der Waals surface area contributed by atoms with Gasteiger partial charge in [0.2, 0.25) is 0 Å². The summed E-state index contributed by atoms with van der Waals surface area (Å²) in [4.78, 5) is 0. The van der Waals surface area contributed by atoms with Crippen LogP contribution in [0.1, 0.15) is 11.1 Å². The summed E-state index contributed by atoms with van der Waals surface area (Å²) in [6, 6.07) is 13.8. The molecular weight excluding hydrogens is 296 g/mol. The summed E-state index contributed by atoms with van der Waals surface area (Å²) in [5.74, 6) is 0.345. The lowest BCUT2D eigenvalue weighted by Crippen LogP contribution is -2.05. The van der Waals surface area contributed by atoms with Gasteiger partial charge in [0, 0.05) is 0 Å². The highest BCUT2D eigenvalue weighted by atomic mass is 32.2. The first-order valence-corrected chi connectivity index (χ1v) is 8.87. The standard InChI is InChI=1S/C18H14O3S/c1-22(19,20)21-14-7-10-16-13(11-14)6-9-17-15-4-2-3-12(15)5-8-18(16)17/h2-3,5-11H,4H2,1H3. The number of benzene rings is 3. The highest BCUT2D eigenvalue weighted by molar-refractivity contribution is 7.86. The molecule has 4 rings (SSSR count). The molecule has 0 unspecified atom stereocenters. The van der Waals surface area contributed by atoms with Gasteiger partial charge in [-0.25, -0.2) is 0 Å². The van der Waals surface area contributed by atoms with Gasteiger partial charge in [-0.3, -0.25) is 0 Å². The summed E-state index contributed by atoms with van der Waals surface area (Å²) in [6.07, 6.45) is 6.35. The lowest BCUT2D eigenvalue weighted by Gasteiger charge is -2.10. The van der Waals surface area contributed by atoms with Crippen molar-refractivity contribution in [3.63, 3.8) is 0 Å². The Balaban J connectivity index is 1.94. The van der Waals surface area contributed by atoms with Crippen LogP contribution >= 0.6 is 0 Å². The van der Waals surface area contributed by atoms with E-state index in [2.05, 4.69) is 30.4 Å². The van der Waals surface area contributed by atoms with Crippen LogP contribution in [-0.4, -0.2) is 14.7 Å². The van der Waals surface area contributed by atoms with Crippen molar-refractivity contribution in [2.24, 2.45) is 0 Å². The minimum Gasteiger partial charge on any atom is -0.383 e. The lowest BCUT2D eigenvalue weighted by molar-refractivity contribution is 0.493. The van der Waals surface area contributed by atoms with Gasteiger partial charge in [-0.15, -0.1) is 0 Å². The van der Waals surface area contributed by atoms with Gasteiger partial charge in [-0.2, -0.15) is 8.42 Å². The van der Waals surface area contributed by atoms with Crippen LogP contribution in [0.2, 0.25) is 0 Å². The fraction of sp³-hybridized carbons (Fsp3) is 0.111. The Labute approximate surface area is 129 Å². The molecule has 0 fully saturated rings. The van der Waals surface area contributed by atoms with Gasteiger partial charge in [0.05, 0.1) is 6.26 Å². The maximum absolute atomic E-state index is 11.2. The molecule has 0 saturated heterocycles. The van der Waals surface area contributed by atoms with Crippen LogP contribution in [0.5, 0.6) is 5.75 Å². The SMILES string of the molecule is CS(=O)(=O)Oc1ccc2c(ccc3c4c(ccc32)C=CC4)c1. The molecule has 22 heavy (non-hydrogen) atoms. The summed E-state index contributed by atoms with van der Waals surface area (Å²) >= 11 is 0. The minimum atomic E-state index is -3.50. The zero-order chi connectivity index (χ0) is 15.3. The normalized spacial score (nSPS) is 13.7. The van der Waals surface area contributed by atoms with E-state index in [-0.39, 0.29) is 0 Å². The lowest BCUT2D eigenvalue weighted by atomic mass is 9.96. The maximum atomic E-state index is 11.2. The third-order valence-electron chi connectivity index (χ3n) is 4.00. The van der Waals surface area contributed by atoms with Crippen molar-refractivity contribution < 1.29 is 12.6 Å². The van der Waals surface area contributed by atoms with Crippen LogP contribution in [0.15, 0.2) is 48.5 Å². The summed E-state index contributed by atoms with van der Waals surface area (Å²) in [5.41, 5.74) is 2.64. The van der Waals surface area contributed by atoms with E-state index >= 15 is 0 Å². The molecule has 110 valence electrons. The van der Waals surface area contributed by atoms with Crippen LogP contribution < -0.4 is 4.18 Å². The van der Waals surface area contributed by atoms with E-state index in [1.54, 1.807) is 12.1 Å². The molecule has 3 aromatic rings. The second-order valence-corrected chi connectivity index (χ2v) is 7.15. The van der Waals surface area contributed by atoms with Crippen molar-refractivity contribution in [2.45, 2.75) is 6.42 Å².